The molecule has 0 spiro atoms. The number of hydrogen-bond acceptors (Lipinski definition) is 2. The van der Waals surface area contributed by atoms with Crippen molar-refractivity contribution in [3.8, 4) is 0 Å². The van der Waals surface area contributed by atoms with Gasteiger partial charge >= 0.3 is 5.97 Å². The van der Waals surface area contributed by atoms with E-state index in [9.17, 15) is 9.18 Å². The SMILES string of the molecule is O=C(O)CC1CSCCC1F. The fourth-order valence-corrected chi connectivity index (χ4v) is 2.37. The molecule has 1 aliphatic heterocycles. The Hall–Kier alpha value is -0.250. The first-order chi connectivity index (χ1) is 5.20. The molecule has 4 heteroatoms. The molecule has 0 amide bonds. The lowest BCUT2D eigenvalue weighted by Crippen LogP contribution is -2.26. The predicted molar refractivity (Wildman–Crippen MR) is 42.6 cm³/mol. The molecule has 1 rings (SSSR count). The van der Waals surface area contributed by atoms with Gasteiger partial charge in [0.1, 0.15) is 6.17 Å². The summed E-state index contributed by atoms with van der Waals surface area (Å²) < 4.78 is 12.9. The van der Waals surface area contributed by atoms with Crippen LogP contribution in [0.5, 0.6) is 0 Å². The van der Waals surface area contributed by atoms with Crippen LogP contribution in [0.15, 0.2) is 0 Å². The number of alkyl halides is 1. The van der Waals surface area contributed by atoms with Crippen molar-refractivity contribution >= 4 is 17.7 Å². The molecule has 0 radical (unpaired) electrons. The maximum absolute atomic E-state index is 12.9. The lowest BCUT2D eigenvalue weighted by molar-refractivity contribution is -0.138. The van der Waals surface area contributed by atoms with E-state index in [1.807, 2.05) is 0 Å². The normalized spacial score (nSPS) is 31.7. The van der Waals surface area contributed by atoms with Gasteiger partial charge in [0, 0.05) is 5.92 Å². The van der Waals surface area contributed by atoms with E-state index < -0.39 is 12.1 Å². The molecule has 0 bridgehead atoms. The molecule has 0 aromatic carbocycles. The van der Waals surface area contributed by atoms with Crippen molar-refractivity contribution in [2.45, 2.75) is 19.0 Å². The van der Waals surface area contributed by atoms with Crippen LogP contribution in [-0.4, -0.2) is 28.8 Å². The molecule has 1 fully saturated rings. The zero-order chi connectivity index (χ0) is 8.27. The van der Waals surface area contributed by atoms with Crippen LogP contribution in [-0.2, 0) is 4.79 Å². The lowest BCUT2D eigenvalue weighted by Gasteiger charge is -2.23. The molecular formula is C7H11FO2S. The van der Waals surface area contributed by atoms with Gasteiger partial charge in [-0.2, -0.15) is 11.8 Å². The van der Waals surface area contributed by atoms with E-state index in [1.165, 1.54) is 0 Å². The predicted octanol–water partition coefficient (Wildman–Crippen LogP) is 1.55. The highest BCUT2D eigenvalue weighted by atomic mass is 32.2. The molecule has 1 saturated heterocycles. The summed E-state index contributed by atoms with van der Waals surface area (Å²) in [6.45, 7) is 0. The third-order valence-corrected chi connectivity index (χ3v) is 3.01. The first-order valence-corrected chi connectivity index (χ1v) is 4.79. The first-order valence-electron chi connectivity index (χ1n) is 3.63. The van der Waals surface area contributed by atoms with Crippen molar-refractivity contribution in [2.24, 2.45) is 5.92 Å². The Balaban J connectivity index is 2.35. The van der Waals surface area contributed by atoms with Crippen molar-refractivity contribution in [2.75, 3.05) is 11.5 Å². The Morgan fingerprint density at radius 1 is 1.73 bits per heavy atom. The van der Waals surface area contributed by atoms with E-state index in [1.54, 1.807) is 11.8 Å². The molecule has 0 aromatic rings. The molecule has 0 aromatic heterocycles. The zero-order valence-electron chi connectivity index (χ0n) is 6.12. The quantitative estimate of drug-likeness (QED) is 0.697. The van der Waals surface area contributed by atoms with E-state index in [0.29, 0.717) is 12.2 Å². The molecule has 64 valence electrons. The summed E-state index contributed by atoms with van der Waals surface area (Å²) in [6, 6.07) is 0. The minimum absolute atomic E-state index is 0.0197. The second kappa shape index (κ2) is 3.95. The third-order valence-electron chi connectivity index (χ3n) is 1.82. The van der Waals surface area contributed by atoms with Gasteiger partial charge in [-0.15, -0.1) is 0 Å². The van der Waals surface area contributed by atoms with Gasteiger partial charge < -0.3 is 5.11 Å². The lowest BCUT2D eigenvalue weighted by atomic mass is 10.00. The Morgan fingerprint density at radius 2 is 2.45 bits per heavy atom. The number of rotatable bonds is 2. The monoisotopic (exact) mass is 178 g/mol. The molecule has 2 nitrogen and oxygen atoms in total. The van der Waals surface area contributed by atoms with E-state index in [4.69, 9.17) is 5.11 Å². The van der Waals surface area contributed by atoms with Crippen LogP contribution in [0, 0.1) is 5.92 Å². The van der Waals surface area contributed by atoms with Crippen molar-refractivity contribution in [3.63, 3.8) is 0 Å². The topological polar surface area (TPSA) is 37.3 Å². The molecule has 1 N–H and O–H groups in total. The highest BCUT2D eigenvalue weighted by molar-refractivity contribution is 7.99. The van der Waals surface area contributed by atoms with Gasteiger partial charge in [0.15, 0.2) is 0 Å². The summed E-state index contributed by atoms with van der Waals surface area (Å²) >= 11 is 1.65. The van der Waals surface area contributed by atoms with Crippen LogP contribution in [0.2, 0.25) is 0 Å². The number of hydrogen-bond donors (Lipinski definition) is 1. The van der Waals surface area contributed by atoms with Gasteiger partial charge in [-0.1, -0.05) is 0 Å². The van der Waals surface area contributed by atoms with E-state index in [0.717, 1.165) is 5.75 Å². The van der Waals surface area contributed by atoms with Gasteiger partial charge in [-0.3, -0.25) is 4.79 Å². The molecular weight excluding hydrogens is 167 g/mol. The fraction of sp³-hybridized carbons (Fsp3) is 0.857. The minimum atomic E-state index is -0.896. The molecule has 2 unspecified atom stereocenters. The maximum atomic E-state index is 12.9. The maximum Gasteiger partial charge on any atom is 0.303 e. The zero-order valence-corrected chi connectivity index (χ0v) is 6.94. The van der Waals surface area contributed by atoms with Crippen molar-refractivity contribution in [1.82, 2.24) is 0 Å². The fourth-order valence-electron chi connectivity index (χ4n) is 1.18. The Bertz CT molecular complexity index is 151. The number of carboxylic acid groups (broad SMARTS) is 1. The van der Waals surface area contributed by atoms with Crippen LogP contribution >= 0.6 is 11.8 Å². The Labute approximate surface area is 69.2 Å². The summed E-state index contributed by atoms with van der Waals surface area (Å²) in [7, 11) is 0. The molecule has 1 aliphatic rings. The average molecular weight is 178 g/mol. The van der Waals surface area contributed by atoms with Gasteiger partial charge in [0.2, 0.25) is 0 Å². The molecule has 1 heterocycles. The summed E-state index contributed by atoms with van der Waals surface area (Å²) in [4.78, 5) is 10.2. The van der Waals surface area contributed by atoms with E-state index in [2.05, 4.69) is 0 Å². The number of thioether (sulfide) groups is 1. The number of carboxylic acids is 1. The summed E-state index contributed by atoms with van der Waals surface area (Å²) in [5.74, 6) is 0.344. The van der Waals surface area contributed by atoms with E-state index in [-0.39, 0.29) is 12.3 Å². The molecule has 0 aliphatic carbocycles. The highest BCUT2D eigenvalue weighted by Gasteiger charge is 2.26. The van der Waals surface area contributed by atoms with Crippen LogP contribution < -0.4 is 0 Å². The standard InChI is InChI=1S/C7H11FO2S/c8-6-1-2-11-4-5(6)3-7(9)10/h5-6H,1-4H2,(H,9,10). The smallest absolute Gasteiger partial charge is 0.303 e. The number of aliphatic carboxylic acids is 1. The van der Waals surface area contributed by atoms with Crippen molar-refractivity contribution < 1.29 is 14.3 Å². The van der Waals surface area contributed by atoms with Gasteiger partial charge in [0.25, 0.3) is 0 Å². The summed E-state index contributed by atoms with van der Waals surface area (Å²) in [6.07, 6.45) is -0.399. The minimum Gasteiger partial charge on any atom is -0.481 e. The van der Waals surface area contributed by atoms with Gasteiger partial charge in [0.05, 0.1) is 6.42 Å². The van der Waals surface area contributed by atoms with Crippen LogP contribution in [0.25, 0.3) is 0 Å². The third kappa shape index (κ3) is 2.69. The van der Waals surface area contributed by atoms with Crippen LogP contribution in [0.3, 0.4) is 0 Å². The first kappa shape index (κ1) is 8.84. The molecule has 2 atom stereocenters. The number of halogens is 1. The largest absolute Gasteiger partial charge is 0.481 e. The van der Waals surface area contributed by atoms with Crippen LogP contribution in [0.4, 0.5) is 4.39 Å². The van der Waals surface area contributed by atoms with Crippen LogP contribution in [0.1, 0.15) is 12.8 Å². The summed E-state index contributed by atoms with van der Waals surface area (Å²) in [5.41, 5.74) is 0. The average Bonchev–Trinajstić information content (AvgIpc) is 1.93. The molecule has 11 heavy (non-hydrogen) atoms. The van der Waals surface area contributed by atoms with Crippen molar-refractivity contribution in [3.05, 3.63) is 0 Å². The highest BCUT2D eigenvalue weighted by Crippen LogP contribution is 2.27. The van der Waals surface area contributed by atoms with Crippen molar-refractivity contribution in [1.29, 1.82) is 0 Å². The second-order valence-electron chi connectivity index (χ2n) is 2.74. The van der Waals surface area contributed by atoms with E-state index >= 15 is 0 Å². The van der Waals surface area contributed by atoms with Gasteiger partial charge in [-0.25, -0.2) is 4.39 Å². The molecule has 0 saturated carbocycles. The Morgan fingerprint density at radius 3 is 3.00 bits per heavy atom. The number of carbonyl (C=O) groups is 1. The Kier molecular flexibility index (Phi) is 3.17. The van der Waals surface area contributed by atoms with Gasteiger partial charge in [-0.05, 0) is 17.9 Å². The second-order valence-corrected chi connectivity index (χ2v) is 3.89. The summed E-state index contributed by atoms with van der Waals surface area (Å²) in [5, 5.41) is 8.41.